The highest BCUT2D eigenvalue weighted by Gasteiger charge is 2.61. The number of nitrogens with two attached hydrogens (primary N) is 1. The molecule has 3 rings (SSSR count). The number of aromatic amines is 1. The second-order valence-corrected chi connectivity index (χ2v) is 4.74. The van der Waals surface area contributed by atoms with Crippen LogP contribution >= 0.6 is 0 Å². The van der Waals surface area contributed by atoms with Gasteiger partial charge in [0.25, 0.3) is 0 Å². The third-order valence-electron chi connectivity index (χ3n) is 3.43. The molecule has 1 aliphatic rings. The molecular formula is C14H12F3N5. The Morgan fingerprint density at radius 2 is 1.82 bits per heavy atom. The highest BCUT2D eigenvalue weighted by atomic mass is 19.4. The first kappa shape index (κ1) is 14.2. The van der Waals surface area contributed by atoms with E-state index in [1.165, 1.54) is 18.5 Å². The number of hydrogen-bond donors (Lipinski definition) is 3. The molecule has 1 atom stereocenters. The first-order valence-electron chi connectivity index (χ1n) is 6.39. The van der Waals surface area contributed by atoms with Crippen LogP contribution in [-0.2, 0) is 5.54 Å². The molecule has 5 nitrogen and oxygen atoms in total. The monoisotopic (exact) mass is 307 g/mol. The fraction of sp³-hybridized carbons (Fsp3) is 0.143. The summed E-state index contributed by atoms with van der Waals surface area (Å²) < 4.78 is 42.0. The van der Waals surface area contributed by atoms with Crippen molar-refractivity contribution in [2.75, 3.05) is 0 Å². The molecule has 22 heavy (non-hydrogen) atoms. The lowest BCUT2D eigenvalue weighted by atomic mass is 9.81. The molecular weight excluding hydrogens is 295 g/mol. The SMILES string of the molecule is NC1=NC(c2ccn[nH]2)(C(F)(F)F)C(c2ccccc2)=CN1. The number of nitrogens with zero attached hydrogens (tertiary/aromatic N) is 2. The van der Waals surface area contributed by atoms with E-state index >= 15 is 0 Å². The molecule has 0 saturated heterocycles. The van der Waals surface area contributed by atoms with Crippen LogP contribution < -0.4 is 11.1 Å². The van der Waals surface area contributed by atoms with Crippen molar-refractivity contribution in [3.8, 4) is 0 Å². The van der Waals surface area contributed by atoms with Crippen LogP contribution in [0.3, 0.4) is 0 Å². The van der Waals surface area contributed by atoms with Gasteiger partial charge in [0.15, 0.2) is 5.96 Å². The number of aliphatic imine (C=N–C) groups is 1. The largest absolute Gasteiger partial charge is 0.423 e. The van der Waals surface area contributed by atoms with Crippen LogP contribution in [0.2, 0.25) is 0 Å². The van der Waals surface area contributed by atoms with Crippen LogP contribution in [0.1, 0.15) is 11.3 Å². The Morgan fingerprint density at radius 1 is 1.09 bits per heavy atom. The van der Waals surface area contributed by atoms with Crippen molar-refractivity contribution >= 4 is 11.5 Å². The second-order valence-electron chi connectivity index (χ2n) is 4.74. The minimum absolute atomic E-state index is 0.0564. The summed E-state index contributed by atoms with van der Waals surface area (Å²) in [5, 5.41) is 8.55. The van der Waals surface area contributed by atoms with E-state index in [1.807, 2.05) is 0 Å². The van der Waals surface area contributed by atoms with E-state index in [0.717, 1.165) is 0 Å². The molecule has 1 aliphatic heterocycles. The van der Waals surface area contributed by atoms with Crippen LogP contribution in [0.5, 0.6) is 0 Å². The maximum Gasteiger partial charge on any atom is 0.423 e. The molecule has 0 aliphatic carbocycles. The normalized spacial score (nSPS) is 21.8. The number of rotatable bonds is 2. The van der Waals surface area contributed by atoms with Gasteiger partial charge in [-0.1, -0.05) is 30.3 Å². The molecule has 2 heterocycles. The Bertz CT molecular complexity index is 719. The maximum atomic E-state index is 14.0. The summed E-state index contributed by atoms with van der Waals surface area (Å²) in [5.41, 5.74) is 3.02. The van der Waals surface area contributed by atoms with E-state index in [2.05, 4.69) is 20.5 Å². The van der Waals surface area contributed by atoms with Crippen molar-refractivity contribution in [1.29, 1.82) is 0 Å². The summed E-state index contributed by atoms with van der Waals surface area (Å²) in [6.45, 7) is 0. The lowest BCUT2D eigenvalue weighted by molar-refractivity contribution is -0.171. The number of hydrogen-bond acceptors (Lipinski definition) is 4. The zero-order valence-electron chi connectivity index (χ0n) is 11.2. The summed E-state index contributed by atoms with van der Waals surface area (Å²) in [6.07, 6.45) is -2.22. The van der Waals surface area contributed by atoms with Gasteiger partial charge in [-0.25, -0.2) is 4.99 Å². The van der Waals surface area contributed by atoms with E-state index in [1.54, 1.807) is 30.3 Å². The summed E-state index contributed by atoms with van der Waals surface area (Å²) in [5.74, 6) is -0.313. The first-order valence-corrected chi connectivity index (χ1v) is 6.39. The smallest absolute Gasteiger partial charge is 0.370 e. The van der Waals surface area contributed by atoms with Crippen molar-refractivity contribution in [3.63, 3.8) is 0 Å². The molecule has 1 unspecified atom stereocenters. The summed E-state index contributed by atoms with van der Waals surface area (Å²) in [6, 6.07) is 9.45. The van der Waals surface area contributed by atoms with Gasteiger partial charge in [0.2, 0.25) is 5.54 Å². The molecule has 1 aromatic carbocycles. The Kier molecular flexibility index (Phi) is 3.16. The standard InChI is InChI=1S/C14H12F3N5/c15-14(16,17)13(11-6-7-20-22-11)10(8-19-12(18)21-13)9-4-2-1-3-5-9/h1-8H,(H,20,22)(H3,18,19,21). The van der Waals surface area contributed by atoms with Crippen LogP contribution in [0, 0.1) is 0 Å². The number of H-pyrrole nitrogens is 1. The zero-order chi connectivity index (χ0) is 15.8. The number of alkyl halides is 3. The highest BCUT2D eigenvalue weighted by Crippen LogP contribution is 2.51. The van der Waals surface area contributed by atoms with E-state index in [-0.39, 0.29) is 17.2 Å². The summed E-state index contributed by atoms with van der Waals surface area (Å²) in [7, 11) is 0. The van der Waals surface area contributed by atoms with Gasteiger partial charge in [-0.15, -0.1) is 0 Å². The van der Waals surface area contributed by atoms with Crippen molar-refractivity contribution in [3.05, 3.63) is 60.1 Å². The quantitative estimate of drug-likeness (QED) is 0.795. The lowest BCUT2D eigenvalue weighted by Crippen LogP contribution is -2.48. The van der Waals surface area contributed by atoms with Gasteiger partial charge in [0.05, 0.1) is 5.69 Å². The average molecular weight is 307 g/mol. The molecule has 0 saturated carbocycles. The third kappa shape index (κ3) is 2.03. The van der Waals surface area contributed by atoms with Gasteiger partial charge in [0, 0.05) is 18.0 Å². The molecule has 0 spiro atoms. The van der Waals surface area contributed by atoms with Gasteiger partial charge in [-0.05, 0) is 11.6 Å². The van der Waals surface area contributed by atoms with E-state index in [0.29, 0.717) is 5.56 Å². The van der Waals surface area contributed by atoms with Crippen molar-refractivity contribution in [2.24, 2.45) is 10.7 Å². The van der Waals surface area contributed by atoms with Gasteiger partial charge in [-0.3, -0.25) is 5.10 Å². The zero-order valence-corrected chi connectivity index (χ0v) is 11.2. The van der Waals surface area contributed by atoms with Crippen molar-refractivity contribution in [1.82, 2.24) is 15.5 Å². The number of guanidine groups is 1. The fourth-order valence-electron chi connectivity index (χ4n) is 2.47. The molecule has 1 aromatic heterocycles. The molecule has 2 aromatic rings. The molecule has 8 heteroatoms. The van der Waals surface area contributed by atoms with Gasteiger partial charge >= 0.3 is 6.18 Å². The molecule has 0 fully saturated rings. The summed E-state index contributed by atoms with van der Waals surface area (Å²) in [4.78, 5) is 3.70. The van der Waals surface area contributed by atoms with Crippen LogP contribution in [0.25, 0.3) is 5.57 Å². The lowest BCUT2D eigenvalue weighted by Gasteiger charge is -2.36. The van der Waals surface area contributed by atoms with Crippen molar-refractivity contribution in [2.45, 2.75) is 11.7 Å². The molecule has 0 radical (unpaired) electrons. The van der Waals surface area contributed by atoms with Gasteiger partial charge in [-0.2, -0.15) is 18.3 Å². The van der Waals surface area contributed by atoms with Gasteiger partial charge < -0.3 is 11.1 Å². The Labute approximate surface area is 123 Å². The number of aromatic nitrogens is 2. The Morgan fingerprint density at radius 3 is 2.41 bits per heavy atom. The Balaban J connectivity index is 2.28. The Hall–Kier alpha value is -2.77. The van der Waals surface area contributed by atoms with E-state index in [9.17, 15) is 13.2 Å². The van der Waals surface area contributed by atoms with Crippen LogP contribution in [0.15, 0.2) is 53.8 Å². The second kappa shape index (κ2) is 4.90. The molecule has 114 valence electrons. The van der Waals surface area contributed by atoms with Gasteiger partial charge in [0.1, 0.15) is 0 Å². The average Bonchev–Trinajstić information content (AvgIpc) is 3.01. The minimum atomic E-state index is -4.70. The predicted octanol–water partition coefficient (Wildman–Crippen LogP) is 2.13. The predicted molar refractivity (Wildman–Crippen MR) is 75.5 cm³/mol. The minimum Gasteiger partial charge on any atom is -0.370 e. The van der Waals surface area contributed by atoms with E-state index in [4.69, 9.17) is 5.73 Å². The van der Waals surface area contributed by atoms with Crippen molar-refractivity contribution < 1.29 is 13.2 Å². The number of halogens is 3. The van der Waals surface area contributed by atoms with Crippen LogP contribution in [0.4, 0.5) is 13.2 Å². The number of nitrogens with one attached hydrogen (secondary N) is 2. The first-order chi connectivity index (χ1) is 10.4. The molecule has 0 amide bonds. The maximum absolute atomic E-state index is 14.0. The number of benzene rings is 1. The third-order valence-corrected chi connectivity index (χ3v) is 3.43. The van der Waals surface area contributed by atoms with E-state index < -0.39 is 11.7 Å². The summed E-state index contributed by atoms with van der Waals surface area (Å²) >= 11 is 0. The van der Waals surface area contributed by atoms with Crippen LogP contribution in [-0.4, -0.2) is 22.3 Å². The molecule has 0 bridgehead atoms. The fourth-order valence-corrected chi connectivity index (χ4v) is 2.47. The molecule has 4 N–H and O–H groups in total. The topological polar surface area (TPSA) is 79.1 Å². The highest BCUT2D eigenvalue weighted by molar-refractivity contribution is 5.89.